The molecule has 0 bridgehead atoms. The number of nitrogens with zero attached hydrogens (tertiary/aromatic N) is 3. The van der Waals surface area contributed by atoms with Crippen molar-refractivity contribution in [3.63, 3.8) is 0 Å². The first-order valence-corrected chi connectivity index (χ1v) is 10.3. The molecule has 31 heavy (non-hydrogen) atoms. The number of anilines is 1. The Balaban J connectivity index is 2.19. The summed E-state index contributed by atoms with van der Waals surface area (Å²) in [5.74, 6) is -0.310. The second-order valence-corrected chi connectivity index (χ2v) is 7.56. The van der Waals surface area contributed by atoms with Crippen LogP contribution < -0.4 is 10.5 Å². The van der Waals surface area contributed by atoms with Crippen LogP contribution in [0.15, 0.2) is 46.9 Å². The second kappa shape index (κ2) is 9.45. The van der Waals surface area contributed by atoms with Crippen molar-refractivity contribution >= 4 is 27.4 Å². The predicted molar refractivity (Wildman–Crippen MR) is 121 cm³/mol. The maximum absolute atomic E-state index is 11.6. The van der Waals surface area contributed by atoms with E-state index in [-0.39, 0.29) is 39.8 Å². The SMILES string of the molecule is CCCCOc1cc(O)c(-c2cc(-c3ccccc3Br)c(C#N)c(N)n2)cc1[N+](=O)[O-]. The van der Waals surface area contributed by atoms with E-state index in [1.807, 2.05) is 25.1 Å². The topological polar surface area (TPSA) is 135 Å². The largest absolute Gasteiger partial charge is 0.507 e. The molecule has 1 aromatic heterocycles. The van der Waals surface area contributed by atoms with Gasteiger partial charge in [0.1, 0.15) is 23.2 Å². The van der Waals surface area contributed by atoms with E-state index in [0.29, 0.717) is 17.7 Å². The summed E-state index contributed by atoms with van der Waals surface area (Å²) in [5.41, 5.74) is 7.40. The molecule has 3 rings (SSSR count). The molecule has 0 unspecified atom stereocenters. The average molecular weight is 483 g/mol. The van der Waals surface area contributed by atoms with Gasteiger partial charge in [-0.25, -0.2) is 4.98 Å². The van der Waals surface area contributed by atoms with Gasteiger partial charge < -0.3 is 15.6 Å². The van der Waals surface area contributed by atoms with Gasteiger partial charge in [-0.3, -0.25) is 10.1 Å². The molecular formula is C22H19BrN4O4. The first-order chi connectivity index (χ1) is 14.9. The number of hydrogen-bond donors (Lipinski definition) is 2. The van der Waals surface area contributed by atoms with Gasteiger partial charge in [0, 0.05) is 27.7 Å². The van der Waals surface area contributed by atoms with Crippen molar-refractivity contribution in [2.24, 2.45) is 0 Å². The predicted octanol–water partition coefficient (Wildman–Crippen LogP) is 5.42. The number of rotatable bonds is 7. The number of nitriles is 1. The molecule has 0 aliphatic rings. The Morgan fingerprint density at radius 3 is 2.65 bits per heavy atom. The minimum atomic E-state index is -0.577. The Morgan fingerprint density at radius 2 is 2.00 bits per heavy atom. The van der Waals surface area contributed by atoms with Gasteiger partial charge in [-0.05, 0) is 24.1 Å². The highest BCUT2D eigenvalue weighted by Gasteiger charge is 2.23. The van der Waals surface area contributed by atoms with Crippen LogP contribution in [-0.4, -0.2) is 21.6 Å². The van der Waals surface area contributed by atoms with Crippen molar-refractivity contribution in [1.82, 2.24) is 4.98 Å². The lowest BCUT2D eigenvalue weighted by Gasteiger charge is -2.13. The molecule has 1 heterocycles. The highest BCUT2D eigenvalue weighted by atomic mass is 79.9. The highest BCUT2D eigenvalue weighted by Crippen LogP contribution is 2.41. The number of unbranched alkanes of at least 4 members (excludes halogenated alkanes) is 1. The summed E-state index contributed by atoms with van der Waals surface area (Å²) in [6, 6.07) is 13.3. The third-order valence-corrected chi connectivity index (χ3v) is 5.32. The van der Waals surface area contributed by atoms with Crippen LogP contribution in [0.5, 0.6) is 11.5 Å². The van der Waals surface area contributed by atoms with Crippen molar-refractivity contribution in [2.45, 2.75) is 19.8 Å². The van der Waals surface area contributed by atoms with E-state index in [9.17, 15) is 20.5 Å². The van der Waals surface area contributed by atoms with E-state index in [1.165, 1.54) is 12.1 Å². The Bertz CT molecular complexity index is 1190. The molecule has 9 heteroatoms. The van der Waals surface area contributed by atoms with Gasteiger partial charge in [0.05, 0.1) is 17.2 Å². The van der Waals surface area contributed by atoms with Gasteiger partial charge in [-0.15, -0.1) is 0 Å². The third-order valence-electron chi connectivity index (χ3n) is 4.63. The number of benzene rings is 2. The summed E-state index contributed by atoms with van der Waals surface area (Å²) in [4.78, 5) is 15.2. The van der Waals surface area contributed by atoms with Gasteiger partial charge in [0.2, 0.25) is 5.75 Å². The second-order valence-electron chi connectivity index (χ2n) is 6.70. The quantitative estimate of drug-likeness (QED) is 0.260. The number of halogens is 1. The maximum atomic E-state index is 11.6. The number of hydrogen-bond acceptors (Lipinski definition) is 7. The van der Waals surface area contributed by atoms with Gasteiger partial charge in [0.25, 0.3) is 0 Å². The van der Waals surface area contributed by atoms with E-state index in [1.54, 1.807) is 12.1 Å². The molecule has 158 valence electrons. The number of nitro benzene ring substituents is 1. The normalized spacial score (nSPS) is 10.5. The number of nitrogens with two attached hydrogens (primary N) is 1. The van der Waals surface area contributed by atoms with Crippen LogP contribution in [-0.2, 0) is 0 Å². The minimum absolute atomic E-state index is 0.0210. The smallest absolute Gasteiger partial charge is 0.311 e. The summed E-state index contributed by atoms with van der Waals surface area (Å²) in [6.45, 7) is 2.27. The first-order valence-electron chi connectivity index (χ1n) is 9.47. The molecule has 0 atom stereocenters. The van der Waals surface area contributed by atoms with Crippen LogP contribution in [0.1, 0.15) is 25.3 Å². The molecule has 0 spiro atoms. The lowest BCUT2D eigenvalue weighted by Crippen LogP contribution is -2.02. The van der Waals surface area contributed by atoms with Gasteiger partial charge in [-0.1, -0.05) is 47.5 Å². The zero-order valence-electron chi connectivity index (χ0n) is 16.6. The molecule has 8 nitrogen and oxygen atoms in total. The summed E-state index contributed by atoms with van der Waals surface area (Å²) in [5, 5.41) is 31.8. The van der Waals surface area contributed by atoms with Crippen molar-refractivity contribution in [3.05, 3.63) is 62.6 Å². The van der Waals surface area contributed by atoms with E-state index >= 15 is 0 Å². The molecule has 3 aromatic rings. The van der Waals surface area contributed by atoms with E-state index in [4.69, 9.17) is 10.5 Å². The van der Waals surface area contributed by atoms with Crippen LogP contribution in [0, 0.1) is 21.4 Å². The number of ether oxygens (including phenoxy) is 1. The average Bonchev–Trinajstić information content (AvgIpc) is 2.73. The number of phenols is 1. The zero-order chi connectivity index (χ0) is 22.5. The number of aromatic hydroxyl groups is 1. The fourth-order valence-electron chi connectivity index (χ4n) is 3.06. The molecule has 0 aliphatic heterocycles. The Hall–Kier alpha value is -3.64. The number of nitrogen functional groups attached to an aromatic ring is 1. The van der Waals surface area contributed by atoms with Crippen molar-refractivity contribution in [1.29, 1.82) is 5.26 Å². The van der Waals surface area contributed by atoms with Crippen molar-refractivity contribution in [3.8, 4) is 40.0 Å². The molecule has 0 aliphatic carbocycles. The van der Waals surface area contributed by atoms with Crippen LogP contribution in [0.4, 0.5) is 11.5 Å². The van der Waals surface area contributed by atoms with Crippen LogP contribution in [0.2, 0.25) is 0 Å². The van der Waals surface area contributed by atoms with E-state index in [0.717, 1.165) is 17.3 Å². The summed E-state index contributed by atoms with van der Waals surface area (Å²) in [7, 11) is 0. The number of aromatic nitrogens is 1. The lowest BCUT2D eigenvalue weighted by molar-refractivity contribution is -0.385. The molecule has 0 saturated heterocycles. The molecule has 2 aromatic carbocycles. The summed E-state index contributed by atoms with van der Waals surface area (Å²) in [6.07, 6.45) is 1.59. The molecular weight excluding hydrogens is 464 g/mol. The molecule has 3 N–H and O–H groups in total. The maximum Gasteiger partial charge on any atom is 0.311 e. The monoisotopic (exact) mass is 482 g/mol. The van der Waals surface area contributed by atoms with E-state index < -0.39 is 4.92 Å². The molecule has 0 radical (unpaired) electrons. The third kappa shape index (κ3) is 4.59. The molecule has 0 fully saturated rings. The number of phenolic OH excluding ortho intramolecular Hbond substituents is 1. The summed E-state index contributed by atoms with van der Waals surface area (Å²) < 4.78 is 6.22. The molecule has 0 amide bonds. The highest BCUT2D eigenvalue weighted by molar-refractivity contribution is 9.10. The van der Waals surface area contributed by atoms with Gasteiger partial charge in [-0.2, -0.15) is 5.26 Å². The van der Waals surface area contributed by atoms with Gasteiger partial charge in [0.15, 0.2) is 0 Å². The Kier molecular flexibility index (Phi) is 6.72. The Labute approximate surface area is 187 Å². The van der Waals surface area contributed by atoms with Gasteiger partial charge >= 0.3 is 5.69 Å². The van der Waals surface area contributed by atoms with Crippen LogP contribution in [0.3, 0.4) is 0 Å². The zero-order valence-corrected chi connectivity index (χ0v) is 18.2. The fraction of sp³-hybridized carbons (Fsp3) is 0.182. The van der Waals surface area contributed by atoms with Crippen molar-refractivity contribution < 1.29 is 14.8 Å². The number of nitro groups is 1. The fourth-order valence-corrected chi connectivity index (χ4v) is 3.56. The van der Waals surface area contributed by atoms with Crippen LogP contribution in [0.25, 0.3) is 22.4 Å². The first kappa shape index (κ1) is 22.1. The van der Waals surface area contributed by atoms with E-state index in [2.05, 4.69) is 27.0 Å². The minimum Gasteiger partial charge on any atom is -0.507 e. The van der Waals surface area contributed by atoms with Crippen molar-refractivity contribution in [2.75, 3.05) is 12.3 Å². The number of pyridine rings is 1. The standard InChI is InChI=1S/C22H19BrN4O4/c1-2-3-8-31-21-11-20(28)15(10-19(21)27(29)30)18-9-14(16(12-24)22(25)26-18)13-6-4-5-7-17(13)23/h4-7,9-11,28H,2-3,8H2,1H3,(H2,25,26). The Morgan fingerprint density at radius 1 is 1.26 bits per heavy atom. The molecule has 0 saturated carbocycles. The lowest BCUT2D eigenvalue weighted by atomic mass is 9.98. The summed E-state index contributed by atoms with van der Waals surface area (Å²) >= 11 is 3.46. The van der Waals surface area contributed by atoms with Crippen LogP contribution >= 0.6 is 15.9 Å².